The number of hydrogen-bond donors (Lipinski definition) is 1. The molecule has 0 aromatic heterocycles. The molecule has 2 nitrogen and oxygen atoms in total. The monoisotopic (exact) mass is 353 g/mol. The first-order valence-electron chi connectivity index (χ1n) is 6.42. The molecule has 2 rings (SSSR count). The predicted octanol–water partition coefficient (Wildman–Crippen LogP) is 5.48. The average molecular weight is 355 g/mol. The van der Waals surface area contributed by atoms with E-state index in [1.807, 2.05) is 44.3 Å². The van der Waals surface area contributed by atoms with Gasteiger partial charge in [-0.05, 0) is 56.8 Å². The van der Waals surface area contributed by atoms with Gasteiger partial charge in [0.25, 0.3) is 0 Å². The van der Waals surface area contributed by atoms with Crippen molar-refractivity contribution in [3.05, 3.63) is 57.0 Å². The lowest BCUT2D eigenvalue weighted by atomic mass is 10.1. The Balaban J connectivity index is 2.37. The molecule has 4 heteroatoms. The van der Waals surface area contributed by atoms with Crippen molar-refractivity contribution >= 4 is 27.5 Å². The minimum atomic E-state index is 0.187. The van der Waals surface area contributed by atoms with Crippen LogP contribution < -0.4 is 10.1 Å². The van der Waals surface area contributed by atoms with Crippen molar-refractivity contribution in [2.75, 3.05) is 7.05 Å². The molecule has 0 fully saturated rings. The van der Waals surface area contributed by atoms with Gasteiger partial charge in [0, 0.05) is 16.1 Å². The highest BCUT2D eigenvalue weighted by Crippen LogP contribution is 2.35. The third-order valence-corrected chi connectivity index (χ3v) is 3.97. The topological polar surface area (TPSA) is 21.3 Å². The number of hydrogen-bond acceptors (Lipinski definition) is 2. The van der Waals surface area contributed by atoms with E-state index in [0.717, 1.165) is 21.3 Å². The number of ether oxygens (including phenoxy) is 1. The van der Waals surface area contributed by atoms with Gasteiger partial charge in [0.1, 0.15) is 11.5 Å². The fourth-order valence-corrected chi connectivity index (χ4v) is 2.57. The molecule has 2 aromatic rings. The van der Waals surface area contributed by atoms with Crippen molar-refractivity contribution in [2.45, 2.75) is 19.9 Å². The van der Waals surface area contributed by atoms with Crippen LogP contribution in [0.4, 0.5) is 0 Å². The minimum Gasteiger partial charge on any atom is -0.455 e. The van der Waals surface area contributed by atoms with Crippen LogP contribution in [0.1, 0.15) is 24.1 Å². The van der Waals surface area contributed by atoms with Gasteiger partial charge in [-0.3, -0.25) is 0 Å². The Bertz CT molecular complexity index is 615. The van der Waals surface area contributed by atoms with Gasteiger partial charge in [-0.2, -0.15) is 0 Å². The summed E-state index contributed by atoms with van der Waals surface area (Å²) in [5, 5.41) is 3.85. The maximum absolute atomic E-state index is 6.23. The van der Waals surface area contributed by atoms with Crippen molar-refractivity contribution in [1.82, 2.24) is 5.32 Å². The second kappa shape index (κ2) is 6.61. The van der Waals surface area contributed by atoms with E-state index in [-0.39, 0.29) is 6.04 Å². The van der Waals surface area contributed by atoms with Gasteiger partial charge in [0.15, 0.2) is 0 Å². The summed E-state index contributed by atoms with van der Waals surface area (Å²) < 4.78 is 7.01. The Morgan fingerprint density at radius 1 is 1.15 bits per heavy atom. The average Bonchev–Trinajstić information content (AvgIpc) is 2.42. The van der Waals surface area contributed by atoms with E-state index >= 15 is 0 Å². The smallest absolute Gasteiger partial charge is 0.146 e. The van der Waals surface area contributed by atoms with E-state index < -0.39 is 0 Å². The number of benzene rings is 2. The molecule has 0 saturated carbocycles. The van der Waals surface area contributed by atoms with Crippen LogP contribution in [-0.4, -0.2) is 7.05 Å². The van der Waals surface area contributed by atoms with Crippen molar-refractivity contribution in [2.24, 2.45) is 0 Å². The summed E-state index contributed by atoms with van der Waals surface area (Å²) in [6.45, 7) is 4.09. The maximum Gasteiger partial charge on any atom is 0.146 e. The van der Waals surface area contributed by atoms with Gasteiger partial charge in [0.2, 0.25) is 0 Å². The number of rotatable bonds is 4. The molecule has 1 atom stereocenters. The number of nitrogens with one attached hydrogen (secondary N) is 1. The molecule has 0 heterocycles. The standard InChI is InChI=1S/C16H17BrClNO/c1-10-4-6-16(14(18)8-10)20-15-7-5-12(17)9-13(15)11(2)19-3/h4-9,11,19H,1-3H3. The molecule has 2 aromatic carbocycles. The number of halogens is 2. The van der Waals surface area contributed by atoms with Crippen LogP contribution in [0.25, 0.3) is 0 Å². The zero-order chi connectivity index (χ0) is 14.7. The summed E-state index contributed by atoms with van der Waals surface area (Å²) in [6, 6.07) is 11.9. The summed E-state index contributed by atoms with van der Waals surface area (Å²) in [5.41, 5.74) is 2.19. The van der Waals surface area contributed by atoms with Gasteiger partial charge in [-0.1, -0.05) is 33.6 Å². The van der Waals surface area contributed by atoms with Crippen LogP contribution in [0.2, 0.25) is 5.02 Å². The minimum absolute atomic E-state index is 0.187. The lowest BCUT2D eigenvalue weighted by molar-refractivity contribution is 0.466. The largest absolute Gasteiger partial charge is 0.455 e. The molecule has 0 aliphatic carbocycles. The maximum atomic E-state index is 6.23. The summed E-state index contributed by atoms with van der Waals surface area (Å²) >= 11 is 9.72. The molecule has 0 saturated heterocycles. The SMILES string of the molecule is CNC(C)c1cc(Br)ccc1Oc1ccc(C)cc1Cl. The summed E-state index contributed by atoms with van der Waals surface area (Å²) in [6.07, 6.45) is 0. The predicted molar refractivity (Wildman–Crippen MR) is 87.9 cm³/mol. The Morgan fingerprint density at radius 2 is 1.85 bits per heavy atom. The molecule has 20 heavy (non-hydrogen) atoms. The molecule has 0 bridgehead atoms. The van der Waals surface area contributed by atoms with Crippen molar-refractivity contribution in [3.63, 3.8) is 0 Å². The summed E-state index contributed by atoms with van der Waals surface area (Å²) in [5.74, 6) is 1.48. The first-order chi connectivity index (χ1) is 9.51. The Kier molecular flexibility index (Phi) is 5.08. The fourth-order valence-electron chi connectivity index (χ4n) is 1.91. The molecular formula is C16H17BrClNO. The molecule has 0 aliphatic heterocycles. The zero-order valence-corrected chi connectivity index (χ0v) is 14.0. The van der Waals surface area contributed by atoms with Gasteiger partial charge in [-0.25, -0.2) is 0 Å². The van der Waals surface area contributed by atoms with Crippen LogP contribution in [0, 0.1) is 6.92 Å². The molecule has 0 aliphatic rings. The molecule has 0 spiro atoms. The molecule has 0 radical (unpaired) electrons. The lowest BCUT2D eigenvalue weighted by Gasteiger charge is -2.17. The zero-order valence-electron chi connectivity index (χ0n) is 11.7. The molecule has 1 N–H and O–H groups in total. The highest BCUT2D eigenvalue weighted by Gasteiger charge is 2.13. The third kappa shape index (κ3) is 3.54. The van der Waals surface area contributed by atoms with Gasteiger partial charge < -0.3 is 10.1 Å². The Labute approximate surface area is 133 Å². The van der Waals surface area contributed by atoms with Crippen molar-refractivity contribution < 1.29 is 4.74 Å². The third-order valence-electron chi connectivity index (χ3n) is 3.18. The van der Waals surface area contributed by atoms with Crippen LogP contribution >= 0.6 is 27.5 Å². The fraction of sp³-hybridized carbons (Fsp3) is 0.250. The summed E-state index contributed by atoms with van der Waals surface area (Å²) in [7, 11) is 1.92. The van der Waals surface area contributed by atoms with Crippen molar-refractivity contribution in [1.29, 1.82) is 0 Å². The van der Waals surface area contributed by atoms with E-state index in [1.54, 1.807) is 0 Å². The van der Waals surface area contributed by atoms with Gasteiger partial charge >= 0.3 is 0 Å². The van der Waals surface area contributed by atoms with Crippen LogP contribution in [0.15, 0.2) is 40.9 Å². The number of aryl methyl sites for hydroxylation is 1. The molecule has 0 amide bonds. The van der Waals surface area contributed by atoms with Crippen LogP contribution in [0.3, 0.4) is 0 Å². The van der Waals surface area contributed by atoms with E-state index in [4.69, 9.17) is 16.3 Å². The molecule has 106 valence electrons. The van der Waals surface area contributed by atoms with Crippen molar-refractivity contribution in [3.8, 4) is 11.5 Å². The Morgan fingerprint density at radius 3 is 2.50 bits per heavy atom. The van der Waals surface area contributed by atoms with Gasteiger partial charge in [0.05, 0.1) is 5.02 Å². The van der Waals surface area contributed by atoms with Crippen LogP contribution in [0.5, 0.6) is 11.5 Å². The first-order valence-corrected chi connectivity index (χ1v) is 7.59. The molecule has 1 unspecified atom stereocenters. The van der Waals surface area contributed by atoms with Crippen LogP contribution in [-0.2, 0) is 0 Å². The van der Waals surface area contributed by atoms with E-state index in [0.29, 0.717) is 10.8 Å². The quantitative estimate of drug-likeness (QED) is 0.784. The first kappa shape index (κ1) is 15.4. The second-order valence-corrected chi connectivity index (χ2v) is 6.05. The van der Waals surface area contributed by atoms with E-state index in [1.165, 1.54) is 0 Å². The Hall–Kier alpha value is -1.03. The second-order valence-electron chi connectivity index (χ2n) is 4.73. The van der Waals surface area contributed by atoms with E-state index in [9.17, 15) is 0 Å². The highest BCUT2D eigenvalue weighted by molar-refractivity contribution is 9.10. The highest BCUT2D eigenvalue weighted by atomic mass is 79.9. The lowest BCUT2D eigenvalue weighted by Crippen LogP contribution is -2.13. The van der Waals surface area contributed by atoms with Gasteiger partial charge in [-0.15, -0.1) is 0 Å². The van der Waals surface area contributed by atoms with E-state index in [2.05, 4.69) is 34.2 Å². The summed E-state index contributed by atoms with van der Waals surface area (Å²) in [4.78, 5) is 0. The normalized spacial score (nSPS) is 12.2. The molecular weight excluding hydrogens is 338 g/mol.